The molecule has 0 bridgehead atoms. The Balaban J connectivity index is 1.69. The van der Waals surface area contributed by atoms with Crippen LogP contribution in [0.4, 0.5) is 22.1 Å². The molecule has 1 aromatic heterocycles. The van der Waals surface area contributed by atoms with Crippen molar-refractivity contribution in [2.75, 3.05) is 29.5 Å². The van der Waals surface area contributed by atoms with E-state index >= 15 is 0 Å². The van der Waals surface area contributed by atoms with Crippen molar-refractivity contribution in [3.8, 4) is 0 Å². The first-order chi connectivity index (χ1) is 12.6. The molecule has 26 heavy (non-hydrogen) atoms. The second-order valence-electron chi connectivity index (χ2n) is 6.68. The average molecular weight is 354 g/mol. The molecule has 0 saturated heterocycles. The second-order valence-corrected chi connectivity index (χ2v) is 6.68. The summed E-state index contributed by atoms with van der Waals surface area (Å²) < 4.78 is 4.86. The summed E-state index contributed by atoms with van der Waals surface area (Å²) in [5.41, 5.74) is 7.94. The lowest BCUT2D eigenvalue weighted by Crippen LogP contribution is -2.31. The van der Waals surface area contributed by atoms with Gasteiger partial charge >= 0.3 is 6.09 Å². The van der Waals surface area contributed by atoms with Crippen molar-refractivity contribution >= 4 is 23.4 Å². The summed E-state index contributed by atoms with van der Waals surface area (Å²) in [6.45, 7) is 2.87. The van der Waals surface area contributed by atoms with Crippen molar-refractivity contribution in [1.82, 2.24) is 4.98 Å². The molecule has 0 atom stereocenters. The Morgan fingerprint density at radius 3 is 2.58 bits per heavy atom. The normalized spacial score (nSPS) is 15.4. The molecule has 6 nitrogen and oxygen atoms in total. The summed E-state index contributed by atoms with van der Waals surface area (Å²) in [7, 11) is 0. The fraction of sp³-hybridized carbons (Fsp3) is 0.400. The van der Waals surface area contributed by atoms with Gasteiger partial charge in [-0.1, -0.05) is 43.2 Å². The van der Waals surface area contributed by atoms with Gasteiger partial charge in [0.2, 0.25) is 0 Å². The van der Waals surface area contributed by atoms with Crippen LogP contribution in [-0.2, 0) is 10.2 Å². The molecule has 0 aliphatic heterocycles. The predicted octanol–water partition coefficient (Wildman–Crippen LogP) is 4.16. The van der Waals surface area contributed by atoms with Gasteiger partial charge in [-0.25, -0.2) is 9.78 Å². The third-order valence-electron chi connectivity index (χ3n) is 4.99. The molecule has 0 unspecified atom stereocenters. The maximum atomic E-state index is 11.5. The largest absolute Gasteiger partial charge is 0.450 e. The number of nitrogens with zero attached hydrogens (tertiary/aromatic N) is 1. The van der Waals surface area contributed by atoms with Gasteiger partial charge in [0.05, 0.1) is 12.3 Å². The highest BCUT2D eigenvalue weighted by Gasteiger charge is 2.35. The van der Waals surface area contributed by atoms with Crippen LogP contribution in [0.1, 0.15) is 38.2 Å². The molecule has 1 saturated carbocycles. The van der Waals surface area contributed by atoms with Crippen molar-refractivity contribution in [1.29, 1.82) is 0 Å². The van der Waals surface area contributed by atoms with Gasteiger partial charge in [-0.15, -0.1) is 0 Å². The van der Waals surface area contributed by atoms with Gasteiger partial charge in [0.25, 0.3) is 0 Å². The lowest BCUT2D eigenvalue weighted by Gasteiger charge is -2.30. The Morgan fingerprint density at radius 2 is 1.92 bits per heavy atom. The molecule has 6 heteroatoms. The number of hydrogen-bond acceptors (Lipinski definition) is 5. The van der Waals surface area contributed by atoms with Crippen molar-refractivity contribution < 1.29 is 9.53 Å². The molecule has 0 spiro atoms. The van der Waals surface area contributed by atoms with E-state index in [0.717, 1.165) is 6.54 Å². The summed E-state index contributed by atoms with van der Waals surface area (Å²) in [4.78, 5) is 15.9. The Kier molecular flexibility index (Phi) is 5.61. The van der Waals surface area contributed by atoms with Gasteiger partial charge in [0, 0.05) is 12.0 Å². The number of pyridine rings is 1. The third kappa shape index (κ3) is 4.07. The first-order valence-electron chi connectivity index (χ1n) is 9.13. The zero-order valence-corrected chi connectivity index (χ0v) is 15.1. The maximum Gasteiger partial charge on any atom is 0.411 e. The Labute approximate surface area is 154 Å². The number of nitrogen functional groups attached to an aromatic ring is 1. The van der Waals surface area contributed by atoms with Gasteiger partial charge in [0.1, 0.15) is 11.6 Å². The number of carbonyl (C=O) groups is 1. The third-order valence-corrected chi connectivity index (χ3v) is 4.99. The Hall–Kier alpha value is -2.76. The van der Waals surface area contributed by atoms with Gasteiger partial charge in [-0.05, 0) is 37.5 Å². The number of ether oxygens (including phenoxy) is 1. The summed E-state index contributed by atoms with van der Waals surface area (Å²) in [5.74, 6) is 0.974. The fourth-order valence-corrected chi connectivity index (χ4v) is 3.63. The molecular weight excluding hydrogens is 328 g/mol. The van der Waals surface area contributed by atoms with Gasteiger partial charge in [0.15, 0.2) is 0 Å². The lowest BCUT2D eigenvalue weighted by molar-refractivity contribution is 0.168. The fourth-order valence-electron chi connectivity index (χ4n) is 3.63. The van der Waals surface area contributed by atoms with Crippen LogP contribution in [0.2, 0.25) is 0 Å². The minimum Gasteiger partial charge on any atom is -0.450 e. The molecule has 3 rings (SSSR count). The number of anilines is 3. The number of carbonyl (C=O) groups excluding carboxylic acids is 1. The van der Waals surface area contributed by atoms with E-state index in [1.807, 2.05) is 6.07 Å². The molecule has 0 radical (unpaired) electrons. The van der Waals surface area contributed by atoms with Crippen molar-refractivity contribution in [2.45, 2.75) is 38.0 Å². The first-order valence-corrected chi connectivity index (χ1v) is 9.13. The number of hydrogen-bond donors (Lipinski definition) is 3. The van der Waals surface area contributed by atoms with Crippen molar-refractivity contribution in [3.63, 3.8) is 0 Å². The zero-order chi connectivity index (χ0) is 18.4. The molecule has 1 fully saturated rings. The van der Waals surface area contributed by atoms with Gasteiger partial charge in [-0.2, -0.15) is 0 Å². The number of aromatic nitrogens is 1. The summed E-state index contributed by atoms with van der Waals surface area (Å²) in [5, 5.41) is 6.03. The van der Waals surface area contributed by atoms with Crippen LogP contribution in [0.15, 0.2) is 42.5 Å². The SMILES string of the molecule is CCOC(=O)Nc1ccc(NCC2(c3ccccc3)CCCC2)nc1N. The van der Waals surface area contributed by atoms with Crippen molar-refractivity contribution in [3.05, 3.63) is 48.0 Å². The molecule has 2 aromatic rings. The van der Waals surface area contributed by atoms with Crippen LogP contribution in [0.5, 0.6) is 0 Å². The second kappa shape index (κ2) is 8.08. The number of amides is 1. The highest BCUT2D eigenvalue weighted by Crippen LogP contribution is 2.41. The van der Waals surface area contributed by atoms with Gasteiger partial charge < -0.3 is 15.8 Å². The molecule has 1 aliphatic rings. The van der Waals surface area contributed by atoms with Crippen LogP contribution in [0.25, 0.3) is 0 Å². The summed E-state index contributed by atoms with van der Waals surface area (Å²) in [6, 6.07) is 14.2. The molecular formula is C20H26N4O2. The zero-order valence-electron chi connectivity index (χ0n) is 15.1. The first kappa shape index (κ1) is 18.0. The van der Waals surface area contributed by atoms with E-state index < -0.39 is 6.09 Å². The van der Waals surface area contributed by atoms with Crippen LogP contribution in [0, 0.1) is 0 Å². The maximum absolute atomic E-state index is 11.5. The van der Waals surface area contributed by atoms with Crippen molar-refractivity contribution in [2.24, 2.45) is 0 Å². The summed E-state index contributed by atoms with van der Waals surface area (Å²) in [6.07, 6.45) is 4.29. The Bertz CT molecular complexity index is 743. The Morgan fingerprint density at radius 1 is 1.19 bits per heavy atom. The molecule has 1 amide bonds. The minimum absolute atomic E-state index is 0.138. The van der Waals surface area contributed by atoms with E-state index in [9.17, 15) is 4.79 Å². The average Bonchev–Trinajstić information content (AvgIpc) is 3.13. The van der Waals surface area contributed by atoms with E-state index in [0.29, 0.717) is 18.1 Å². The van der Waals surface area contributed by atoms with Crippen LogP contribution in [-0.4, -0.2) is 24.2 Å². The number of nitrogens with one attached hydrogen (secondary N) is 2. The molecule has 1 aromatic carbocycles. The summed E-state index contributed by atoms with van der Waals surface area (Å²) >= 11 is 0. The van der Waals surface area contributed by atoms with Gasteiger partial charge in [-0.3, -0.25) is 5.32 Å². The molecule has 4 N–H and O–H groups in total. The molecule has 1 aliphatic carbocycles. The highest BCUT2D eigenvalue weighted by molar-refractivity contribution is 5.88. The lowest BCUT2D eigenvalue weighted by atomic mass is 9.79. The van der Waals surface area contributed by atoms with Crippen LogP contribution in [0.3, 0.4) is 0 Å². The number of nitrogens with two attached hydrogens (primary N) is 1. The highest BCUT2D eigenvalue weighted by atomic mass is 16.5. The predicted molar refractivity (Wildman–Crippen MR) is 104 cm³/mol. The minimum atomic E-state index is -0.532. The smallest absolute Gasteiger partial charge is 0.411 e. The topological polar surface area (TPSA) is 89.3 Å². The monoisotopic (exact) mass is 354 g/mol. The standard InChI is InChI=1S/C20H26N4O2/c1-2-26-19(25)23-16-10-11-17(24-18(16)21)22-14-20(12-6-7-13-20)15-8-4-3-5-9-15/h3-5,8-11H,2,6-7,12-14H2,1H3,(H,23,25)(H3,21,22,24). The van der Waals surface area contributed by atoms with E-state index in [4.69, 9.17) is 10.5 Å². The molecule has 138 valence electrons. The van der Waals surface area contributed by atoms with Crippen LogP contribution < -0.4 is 16.4 Å². The molecule has 1 heterocycles. The van der Waals surface area contributed by atoms with Crippen LogP contribution >= 0.6 is 0 Å². The number of rotatable bonds is 6. The van der Waals surface area contributed by atoms with E-state index in [1.165, 1.54) is 31.2 Å². The number of benzene rings is 1. The quantitative estimate of drug-likeness (QED) is 0.725. The van der Waals surface area contributed by atoms with E-state index in [1.54, 1.807) is 13.0 Å². The van der Waals surface area contributed by atoms with E-state index in [2.05, 4.69) is 45.9 Å². The van der Waals surface area contributed by atoms with E-state index in [-0.39, 0.29) is 11.2 Å².